The fourth-order valence-corrected chi connectivity index (χ4v) is 2.27. The van der Waals surface area contributed by atoms with Gasteiger partial charge >= 0.3 is 0 Å². The van der Waals surface area contributed by atoms with Crippen molar-refractivity contribution in [3.8, 4) is 0 Å². The summed E-state index contributed by atoms with van der Waals surface area (Å²) in [5.41, 5.74) is 8.29. The summed E-state index contributed by atoms with van der Waals surface area (Å²) in [7, 11) is 1.77. The van der Waals surface area contributed by atoms with Crippen molar-refractivity contribution in [2.75, 3.05) is 0 Å². The monoisotopic (exact) mass is 269 g/mol. The van der Waals surface area contributed by atoms with Crippen LogP contribution in [0.15, 0.2) is 41.6 Å². The number of hydrogen-bond acceptors (Lipinski definition) is 4. The van der Waals surface area contributed by atoms with E-state index in [4.69, 9.17) is 5.73 Å². The maximum absolute atomic E-state index is 12.4. The standard InChI is InChI=1S/C14H15N5O/c1-18-13-12(7-17-18)14(20)19(9-16-13)8-11-5-3-2-4-10(11)6-15/h2-5,7,9H,6,8,15H2,1H3. The maximum Gasteiger partial charge on any atom is 0.264 e. The van der Waals surface area contributed by atoms with Gasteiger partial charge in [-0.3, -0.25) is 14.0 Å². The van der Waals surface area contributed by atoms with Gasteiger partial charge < -0.3 is 5.73 Å². The summed E-state index contributed by atoms with van der Waals surface area (Å²) in [4.78, 5) is 16.7. The van der Waals surface area contributed by atoms with Crippen LogP contribution in [0.4, 0.5) is 0 Å². The first kappa shape index (κ1) is 12.6. The van der Waals surface area contributed by atoms with Crippen LogP contribution >= 0.6 is 0 Å². The molecule has 0 radical (unpaired) electrons. The van der Waals surface area contributed by atoms with Crippen LogP contribution in [0.25, 0.3) is 11.0 Å². The number of hydrogen-bond donors (Lipinski definition) is 1. The van der Waals surface area contributed by atoms with Gasteiger partial charge in [0.25, 0.3) is 5.56 Å². The average molecular weight is 269 g/mol. The predicted octanol–water partition coefficient (Wildman–Crippen LogP) is 0.637. The second kappa shape index (κ2) is 4.90. The second-order valence-corrected chi connectivity index (χ2v) is 4.66. The van der Waals surface area contributed by atoms with Gasteiger partial charge in [0.15, 0.2) is 5.65 Å². The van der Waals surface area contributed by atoms with Crippen LogP contribution in [0.3, 0.4) is 0 Å². The van der Waals surface area contributed by atoms with Crippen molar-refractivity contribution in [2.45, 2.75) is 13.1 Å². The minimum atomic E-state index is -0.0880. The molecule has 6 nitrogen and oxygen atoms in total. The highest BCUT2D eigenvalue weighted by Gasteiger charge is 2.09. The number of nitrogens with two attached hydrogens (primary N) is 1. The Morgan fingerprint density at radius 1 is 1.25 bits per heavy atom. The van der Waals surface area contributed by atoms with Crippen LogP contribution in [-0.2, 0) is 20.1 Å². The van der Waals surface area contributed by atoms with E-state index in [1.807, 2.05) is 24.3 Å². The Hall–Kier alpha value is -2.47. The van der Waals surface area contributed by atoms with Crippen molar-refractivity contribution in [1.29, 1.82) is 0 Å². The van der Waals surface area contributed by atoms with Gasteiger partial charge in [0.1, 0.15) is 11.7 Å². The molecule has 0 fully saturated rings. The summed E-state index contributed by atoms with van der Waals surface area (Å²) in [5, 5.41) is 4.59. The molecule has 2 aromatic heterocycles. The van der Waals surface area contributed by atoms with Crippen molar-refractivity contribution in [2.24, 2.45) is 12.8 Å². The molecule has 0 saturated heterocycles. The molecule has 3 aromatic rings. The number of aromatic nitrogens is 4. The summed E-state index contributed by atoms with van der Waals surface area (Å²) in [5.74, 6) is 0. The van der Waals surface area contributed by atoms with Crippen molar-refractivity contribution in [3.63, 3.8) is 0 Å². The number of benzene rings is 1. The molecule has 0 aliphatic rings. The lowest BCUT2D eigenvalue weighted by Gasteiger charge is -2.09. The van der Waals surface area contributed by atoms with Crippen molar-refractivity contribution >= 4 is 11.0 Å². The summed E-state index contributed by atoms with van der Waals surface area (Å²) in [6.45, 7) is 0.914. The molecule has 0 bridgehead atoms. The topological polar surface area (TPSA) is 78.7 Å². The Morgan fingerprint density at radius 3 is 2.75 bits per heavy atom. The molecule has 20 heavy (non-hydrogen) atoms. The summed E-state index contributed by atoms with van der Waals surface area (Å²) < 4.78 is 3.17. The van der Waals surface area contributed by atoms with E-state index in [-0.39, 0.29) is 5.56 Å². The van der Waals surface area contributed by atoms with Crippen molar-refractivity contribution in [3.05, 3.63) is 58.3 Å². The van der Waals surface area contributed by atoms with Crippen LogP contribution in [0.1, 0.15) is 11.1 Å². The van der Waals surface area contributed by atoms with E-state index in [1.54, 1.807) is 28.8 Å². The lowest BCUT2D eigenvalue weighted by molar-refractivity contribution is 0.731. The Bertz CT molecular complexity index is 818. The summed E-state index contributed by atoms with van der Waals surface area (Å²) in [6.07, 6.45) is 3.11. The molecular weight excluding hydrogens is 254 g/mol. The SMILES string of the molecule is Cn1ncc2c(=O)n(Cc3ccccc3CN)cnc21. The van der Waals surface area contributed by atoms with E-state index >= 15 is 0 Å². The first-order valence-electron chi connectivity index (χ1n) is 6.34. The largest absolute Gasteiger partial charge is 0.326 e. The van der Waals surface area contributed by atoms with E-state index in [0.717, 1.165) is 11.1 Å². The van der Waals surface area contributed by atoms with Crippen molar-refractivity contribution in [1.82, 2.24) is 19.3 Å². The van der Waals surface area contributed by atoms with E-state index in [0.29, 0.717) is 24.1 Å². The Morgan fingerprint density at radius 2 is 2.00 bits per heavy atom. The lowest BCUT2D eigenvalue weighted by atomic mass is 10.1. The zero-order valence-corrected chi connectivity index (χ0v) is 11.2. The third-order valence-electron chi connectivity index (χ3n) is 3.40. The third kappa shape index (κ3) is 2.00. The lowest BCUT2D eigenvalue weighted by Crippen LogP contribution is -2.21. The second-order valence-electron chi connectivity index (χ2n) is 4.66. The molecular formula is C14H15N5O. The average Bonchev–Trinajstić information content (AvgIpc) is 2.85. The van der Waals surface area contributed by atoms with Crippen LogP contribution in [0, 0.1) is 0 Å². The minimum Gasteiger partial charge on any atom is -0.326 e. The highest BCUT2D eigenvalue weighted by molar-refractivity contribution is 5.72. The van der Waals surface area contributed by atoms with Gasteiger partial charge in [-0.15, -0.1) is 0 Å². The van der Waals surface area contributed by atoms with Crippen molar-refractivity contribution < 1.29 is 0 Å². The molecule has 0 amide bonds. The van der Waals surface area contributed by atoms with Crippen LogP contribution < -0.4 is 11.3 Å². The van der Waals surface area contributed by atoms with E-state index in [9.17, 15) is 4.79 Å². The first-order valence-corrected chi connectivity index (χ1v) is 6.34. The highest BCUT2D eigenvalue weighted by Crippen LogP contribution is 2.10. The van der Waals surface area contributed by atoms with Crippen LogP contribution in [0.2, 0.25) is 0 Å². The number of aryl methyl sites for hydroxylation is 1. The molecule has 2 heterocycles. The minimum absolute atomic E-state index is 0.0880. The summed E-state index contributed by atoms with van der Waals surface area (Å²) >= 11 is 0. The van der Waals surface area contributed by atoms with Gasteiger partial charge in [-0.25, -0.2) is 4.98 Å². The molecule has 6 heteroatoms. The number of fused-ring (bicyclic) bond motifs is 1. The Kier molecular flexibility index (Phi) is 3.08. The van der Waals surface area contributed by atoms with Crippen LogP contribution in [0.5, 0.6) is 0 Å². The quantitative estimate of drug-likeness (QED) is 0.756. The third-order valence-corrected chi connectivity index (χ3v) is 3.40. The molecule has 1 aromatic carbocycles. The maximum atomic E-state index is 12.4. The zero-order chi connectivity index (χ0) is 14.1. The van der Waals surface area contributed by atoms with Gasteiger partial charge in [-0.05, 0) is 11.1 Å². The molecule has 0 saturated carbocycles. The van der Waals surface area contributed by atoms with E-state index in [2.05, 4.69) is 10.1 Å². The molecule has 2 N–H and O–H groups in total. The van der Waals surface area contributed by atoms with Crippen LogP contribution in [-0.4, -0.2) is 19.3 Å². The summed E-state index contributed by atoms with van der Waals surface area (Å²) in [6, 6.07) is 7.82. The molecule has 0 unspecified atom stereocenters. The van der Waals surface area contributed by atoms with Gasteiger partial charge in [0, 0.05) is 13.6 Å². The first-order chi connectivity index (χ1) is 9.70. The van der Waals surface area contributed by atoms with E-state index in [1.165, 1.54) is 0 Å². The molecule has 3 rings (SSSR count). The normalized spacial score (nSPS) is 11.1. The molecule has 0 aliphatic carbocycles. The molecule has 0 aliphatic heterocycles. The van der Waals surface area contributed by atoms with Gasteiger partial charge in [0.2, 0.25) is 0 Å². The van der Waals surface area contributed by atoms with Gasteiger partial charge in [-0.1, -0.05) is 24.3 Å². The fourth-order valence-electron chi connectivity index (χ4n) is 2.27. The molecule has 0 atom stereocenters. The number of nitrogens with zero attached hydrogens (tertiary/aromatic N) is 4. The van der Waals surface area contributed by atoms with Gasteiger partial charge in [-0.2, -0.15) is 5.10 Å². The Labute approximate surface area is 115 Å². The zero-order valence-electron chi connectivity index (χ0n) is 11.2. The van der Waals surface area contributed by atoms with Gasteiger partial charge in [0.05, 0.1) is 12.7 Å². The highest BCUT2D eigenvalue weighted by atomic mass is 16.1. The van der Waals surface area contributed by atoms with E-state index < -0.39 is 0 Å². The smallest absolute Gasteiger partial charge is 0.264 e. The number of rotatable bonds is 3. The predicted molar refractivity (Wildman–Crippen MR) is 76.2 cm³/mol. The molecule has 0 spiro atoms. The fraction of sp³-hybridized carbons (Fsp3) is 0.214. The Balaban J connectivity index is 2.07. The molecule has 102 valence electrons.